The third-order valence-electron chi connectivity index (χ3n) is 6.17. The van der Waals surface area contributed by atoms with Crippen LogP contribution in [0.1, 0.15) is 83.2 Å². The summed E-state index contributed by atoms with van der Waals surface area (Å²) in [6.45, 7) is 24.1. The molecule has 5 aromatic rings. The van der Waals surface area contributed by atoms with E-state index in [1.165, 1.54) is 7.05 Å². The standard InChI is InChI=1S/C24H19N5O2.C7H11N.C4H8O.2C2H6.CH5N/c1-13(30)14-2-9-20-21(11-14)29-23(28-20)15-3-8-19-16(10-15)12-22(27-19)24(31)26-18-6-4-17(25)5-7-18;1-6(2)5-7(3)8-4;1-4(2)3-5;3*1-2/h2-12,27H,25H2,1H3,(H,26,31)(H,28,29);5H,1,4H2,2-3H3;3-4H,1-2H3;2*1-2H3;2H2,1H3/b;7-5+;;;;. The van der Waals surface area contributed by atoms with Crippen LogP contribution in [-0.4, -0.2) is 46.7 Å². The molecule has 0 aliphatic rings. The molecule has 0 unspecified atom stereocenters. The maximum absolute atomic E-state index is 12.6. The molecule has 0 atom stereocenters. The number of aliphatic imine (C=N–C) groups is 1. The molecule has 5 rings (SSSR count). The van der Waals surface area contributed by atoms with Crippen molar-refractivity contribution in [3.63, 3.8) is 0 Å². The minimum absolute atomic E-state index is 0.0107. The Hall–Kier alpha value is -5.61. The number of hydrogen-bond acceptors (Lipinski definition) is 7. The van der Waals surface area contributed by atoms with E-state index in [0.29, 0.717) is 28.5 Å². The Bertz CT molecular complexity index is 1850. The fraction of sp³-hybridized carbons (Fsp3) is 0.275. The number of carbonyl (C=O) groups excluding carboxylic acids is 3. The fourth-order valence-electron chi connectivity index (χ4n) is 3.93. The van der Waals surface area contributed by atoms with Crippen LogP contribution < -0.4 is 16.8 Å². The van der Waals surface area contributed by atoms with Gasteiger partial charge in [-0.3, -0.25) is 14.6 Å². The molecule has 2 aromatic heterocycles. The highest BCUT2D eigenvalue weighted by Gasteiger charge is 2.13. The number of nitrogens with zero attached hydrogens (tertiary/aromatic N) is 2. The smallest absolute Gasteiger partial charge is 0.272 e. The lowest BCUT2D eigenvalue weighted by atomic mass is 10.1. The number of nitrogens with one attached hydrogen (secondary N) is 3. The van der Waals surface area contributed by atoms with Gasteiger partial charge in [0, 0.05) is 45.0 Å². The number of nitrogens with two attached hydrogens (primary N) is 2. The first-order valence-corrected chi connectivity index (χ1v) is 16.5. The number of hydrogen-bond donors (Lipinski definition) is 5. The quantitative estimate of drug-likeness (QED) is 0.0376. The van der Waals surface area contributed by atoms with E-state index in [1.54, 1.807) is 37.3 Å². The molecule has 0 saturated carbocycles. The predicted molar refractivity (Wildman–Crippen MR) is 214 cm³/mol. The number of nitrogen functional groups attached to an aromatic ring is 1. The Morgan fingerprint density at radius 2 is 1.48 bits per heavy atom. The van der Waals surface area contributed by atoms with E-state index < -0.39 is 0 Å². The van der Waals surface area contributed by atoms with Crippen LogP contribution in [-0.2, 0) is 4.79 Å². The number of fused-ring (bicyclic) bond motifs is 2. The molecule has 268 valence electrons. The molecule has 0 aliphatic heterocycles. The van der Waals surface area contributed by atoms with Crippen LogP contribution in [0.4, 0.5) is 11.4 Å². The Morgan fingerprint density at radius 1 is 0.880 bits per heavy atom. The molecular weight excluding hydrogens is 626 g/mol. The number of aromatic amines is 2. The molecule has 10 nitrogen and oxygen atoms in total. The van der Waals surface area contributed by atoms with Gasteiger partial charge in [-0.05, 0) is 107 Å². The van der Waals surface area contributed by atoms with Crippen molar-refractivity contribution in [3.8, 4) is 11.4 Å². The van der Waals surface area contributed by atoms with Crippen molar-refractivity contribution in [2.45, 2.75) is 62.3 Å². The van der Waals surface area contributed by atoms with E-state index in [9.17, 15) is 14.4 Å². The van der Waals surface area contributed by atoms with Crippen molar-refractivity contribution in [1.29, 1.82) is 0 Å². The molecule has 0 spiro atoms. The highest BCUT2D eigenvalue weighted by molar-refractivity contribution is 6.06. The van der Waals surface area contributed by atoms with Gasteiger partial charge in [0.05, 0.1) is 11.0 Å². The number of allylic oxidation sites excluding steroid dienone is 3. The summed E-state index contributed by atoms with van der Waals surface area (Å²) < 4.78 is 0. The van der Waals surface area contributed by atoms with Crippen LogP contribution >= 0.6 is 0 Å². The molecule has 0 bridgehead atoms. The van der Waals surface area contributed by atoms with E-state index in [0.717, 1.165) is 45.1 Å². The van der Waals surface area contributed by atoms with Gasteiger partial charge in [-0.2, -0.15) is 0 Å². The number of ketones is 1. The predicted octanol–water partition coefficient (Wildman–Crippen LogP) is 9.38. The molecule has 50 heavy (non-hydrogen) atoms. The zero-order valence-electron chi connectivity index (χ0n) is 31.3. The number of imidazole rings is 1. The summed E-state index contributed by atoms with van der Waals surface area (Å²) in [5.41, 5.74) is 17.8. The summed E-state index contributed by atoms with van der Waals surface area (Å²) in [6.07, 6.45) is 2.80. The highest BCUT2D eigenvalue weighted by atomic mass is 16.2. The first-order chi connectivity index (χ1) is 23.9. The van der Waals surface area contributed by atoms with Crippen molar-refractivity contribution < 1.29 is 14.4 Å². The Morgan fingerprint density at radius 3 is 1.98 bits per heavy atom. The molecular formula is C40H55N7O3. The molecule has 0 fully saturated rings. The van der Waals surface area contributed by atoms with E-state index >= 15 is 0 Å². The maximum Gasteiger partial charge on any atom is 0.272 e. The van der Waals surface area contributed by atoms with Crippen LogP contribution in [0.3, 0.4) is 0 Å². The average molecular weight is 682 g/mol. The number of amides is 1. The van der Waals surface area contributed by atoms with E-state index in [4.69, 9.17) is 5.73 Å². The first kappa shape index (κ1) is 44.4. The van der Waals surface area contributed by atoms with Crippen LogP contribution in [0.5, 0.6) is 0 Å². The average Bonchev–Trinajstić information content (AvgIpc) is 3.76. The molecule has 0 radical (unpaired) electrons. The monoisotopic (exact) mass is 681 g/mol. The third kappa shape index (κ3) is 14.7. The van der Waals surface area contributed by atoms with Crippen LogP contribution in [0.15, 0.2) is 95.6 Å². The lowest BCUT2D eigenvalue weighted by molar-refractivity contribution is -0.110. The maximum atomic E-state index is 12.6. The summed E-state index contributed by atoms with van der Waals surface area (Å²) in [4.78, 5) is 48.5. The molecule has 1 amide bonds. The van der Waals surface area contributed by atoms with Crippen LogP contribution in [0.2, 0.25) is 0 Å². The van der Waals surface area contributed by atoms with Gasteiger partial charge < -0.3 is 31.5 Å². The van der Waals surface area contributed by atoms with Gasteiger partial charge in [0.1, 0.15) is 17.8 Å². The van der Waals surface area contributed by atoms with Crippen molar-refractivity contribution in [2.24, 2.45) is 16.6 Å². The van der Waals surface area contributed by atoms with Gasteiger partial charge >= 0.3 is 0 Å². The number of aromatic nitrogens is 3. The highest BCUT2D eigenvalue weighted by Crippen LogP contribution is 2.26. The minimum Gasteiger partial charge on any atom is -0.399 e. The normalized spacial score (nSPS) is 9.88. The number of Topliss-reactive ketones (excluding diaryl/α,β-unsaturated/α-hetero) is 1. The van der Waals surface area contributed by atoms with E-state index in [-0.39, 0.29) is 17.6 Å². The minimum atomic E-state index is -0.233. The summed E-state index contributed by atoms with van der Waals surface area (Å²) in [7, 11) is 1.50. The molecule has 3 aromatic carbocycles. The summed E-state index contributed by atoms with van der Waals surface area (Å²) >= 11 is 0. The fourth-order valence-corrected chi connectivity index (χ4v) is 3.93. The lowest BCUT2D eigenvalue weighted by Gasteiger charge is -2.03. The first-order valence-electron chi connectivity index (χ1n) is 16.5. The van der Waals surface area contributed by atoms with Crippen molar-refractivity contribution >= 4 is 58.0 Å². The molecule has 2 heterocycles. The Kier molecular flexibility index (Phi) is 21.0. The number of carbonyl (C=O) groups is 3. The number of benzene rings is 3. The largest absolute Gasteiger partial charge is 0.399 e. The van der Waals surface area contributed by atoms with Gasteiger partial charge in [0.2, 0.25) is 0 Å². The molecule has 7 N–H and O–H groups in total. The van der Waals surface area contributed by atoms with E-state index in [1.807, 2.05) is 97.9 Å². The van der Waals surface area contributed by atoms with Crippen molar-refractivity contribution in [1.82, 2.24) is 15.0 Å². The van der Waals surface area contributed by atoms with Gasteiger partial charge in [-0.25, -0.2) is 4.98 Å². The van der Waals surface area contributed by atoms with Crippen LogP contribution in [0, 0.1) is 5.92 Å². The van der Waals surface area contributed by atoms with E-state index in [2.05, 4.69) is 44.3 Å². The molecule has 10 heteroatoms. The van der Waals surface area contributed by atoms with Gasteiger partial charge in [0.15, 0.2) is 5.78 Å². The zero-order valence-corrected chi connectivity index (χ0v) is 31.3. The summed E-state index contributed by atoms with van der Waals surface area (Å²) in [6, 6.07) is 20.0. The second-order valence-corrected chi connectivity index (χ2v) is 10.6. The number of aldehydes is 1. The third-order valence-corrected chi connectivity index (χ3v) is 6.17. The Labute approximate surface area is 297 Å². The second kappa shape index (κ2) is 23.7. The number of rotatable bonds is 7. The zero-order chi connectivity index (χ0) is 38.4. The number of H-pyrrole nitrogens is 2. The molecule has 0 saturated heterocycles. The van der Waals surface area contributed by atoms with Crippen molar-refractivity contribution in [3.05, 3.63) is 102 Å². The second-order valence-electron chi connectivity index (χ2n) is 10.6. The SMILES string of the molecule is C=N/C(C)=C/C(=C)C.CC.CC.CC(=O)c1ccc2nc(-c3ccc4[nH]c(C(=O)Nc5ccc(N)cc5)cc4c3)[nH]c2c1.CC(C)C=O.CN. The molecule has 0 aliphatic carbocycles. The van der Waals surface area contributed by atoms with Crippen molar-refractivity contribution in [2.75, 3.05) is 18.1 Å². The summed E-state index contributed by atoms with van der Waals surface area (Å²) in [5.74, 6) is 0.682. The lowest BCUT2D eigenvalue weighted by Crippen LogP contribution is -2.12. The topological polar surface area (TPSA) is 172 Å². The van der Waals surface area contributed by atoms with Gasteiger partial charge in [-0.15, -0.1) is 0 Å². The van der Waals surface area contributed by atoms with Gasteiger partial charge in [-0.1, -0.05) is 53.7 Å². The number of anilines is 2. The van der Waals surface area contributed by atoms with Gasteiger partial charge in [0.25, 0.3) is 5.91 Å². The summed E-state index contributed by atoms with van der Waals surface area (Å²) in [5, 5.41) is 3.75. The van der Waals surface area contributed by atoms with Crippen LogP contribution in [0.25, 0.3) is 33.3 Å². The Balaban J connectivity index is 0.00000106.